The lowest BCUT2D eigenvalue weighted by Gasteiger charge is -2.17. The van der Waals surface area contributed by atoms with Crippen molar-refractivity contribution < 1.29 is 13.9 Å². The zero-order chi connectivity index (χ0) is 14.1. The molecule has 0 aliphatic heterocycles. The van der Waals surface area contributed by atoms with Gasteiger partial charge in [0.1, 0.15) is 11.9 Å². The standard InChI is InChI=1S/C12H15FN4O2/c1-2-19-12(18)11(15-7-8-16-17-14)9-3-5-10(13)6-4-9/h3-6,11,15H,2,7-8H2,1H3. The van der Waals surface area contributed by atoms with Gasteiger partial charge in [-0.25, -0.2) is 9.18 Å². The van der Waals surface area contributed by atoms with Crippen LogP contribution in [0.4, 0.5) is 4.39 Å². The van der Waals surface area contributed by atoms with Gasteiger partial charge in [0.2, 0.25) is 0 Å². The zero-order valence-corrected chi connectivity index (χ0v) is 10.5. The fourth-order valence-corrected chi connectivity index (χ4v) is 1.52. The number of rotatable bonds is 7. The largest absolute Gasteiger partial charge is 0.465 e. The molecule has 6 nitrogen and oxygen atoms in total. The van der Waals surface area contributed by atoms with Gasteiger partial charge in [0.15, 0.2) is 0 Å². The molecule has 0 heterocycles. The van der Waals surface area contributed by atoms with Crippen LogP contribution in [0.15, 0.2) is 29.4 Å². The third kappa shape index (κ3) is 4.95. The average Bonchev–Trinajstić information content (AvgIpc) is 2.40. The molecule has 0 amide bonds. The summed E-state index contributed by atoms with van der Waals surface area (Å²) in [5.74, 6) is -0.824. The fraction of sp³-hybridized carbons (Fsp3) is 0.417. The summed E-state index contributed by atoms with van der Waals surface area (Å²) >= 11 is 0. The van der Waals surface area contributed by atoms with Crippen molar-refractivity contribution in [1.82, 2.24) is 5.32 Å². The Balaban J connectivity index is 2.76. The van der Waals surface area contributed by atoms with Gasteiger partial charge in [-0.2, -0.15) is 0 Å². The Hall–Kier alpha value is -2.11. The summed E-state index contributed by atoms with van der Waals surface area (Å²) in [6.45, 7) is 2.51. The summed E-state index contributed by atoms with van der Waals surface area (Å²) in [7, 11) is 0. The number of nitrogens with one attached hydrogen (secondary N) is 1. The number of hydrogen-bond acceptors (Lipinski definition) is 4. The maximum Gasteiger partial charge on any atom is 0.327 e. The Kier molecular flexibility index (Phi) is 6.35. The first-order valence-corrected chi connectivity index (χ1v) is 5.85. The molecule has 0 saturated heterocycles. The van der Waals surface area contributed by atoms with Gasteiger partial charge in [-0.1, -0.05) is 17.2 Å². The third-order valence-electron chi connectivity index (χ3n) is 2.35. The number of carbonyl (C=O) groups is 1. The maximum atomic E-state index is 12.9. The fourth-order valence-electron chi connectivity index (χ4n) is 1.52. The van der Waals surface area contributed by atoms with E-state index in [4.69, 9.17) is 10.3 Å². The Morgan fingerprint density at radius 3 is 2.79 bits per heavy atom. The molecule has 0 aliphatic carbocycles. The second-order valence-electron chi connectivity index (χ2n) is 3.65. The Bertz CT molecular complexity index is 457. The minimum Gasteiger partial charge on any atom is -0.465 e. The van der Waals surface area contributed by atoms with E-state index >= 15 is 0 Å². The molecule has 1 aromatic rings. The highest BCUT2D eigenvalue weighted by atomic mass is 19.1. The van der Waals surface area contributed by atoms with E-state index in [0.717, 1.165) is 0 Å². The topological polar surface area (TPSA) is 87.1 Å². The predicted octanol–water partition coefficient (Wildman–Crippen LogP) is 2.33. The van der Waals surface area contributed by atoms with E-state index in [1.807, 2.05) is 0 Å². The van der Waals surface area contributed by atoms with Crippen LogP contribution >= 0.6 is 0 Å². The molecule has 0 fully saturated rings. The molecule has 7 heteroatoms. The Morgan fingerprint density at radius 2 is 2.21 bits per heavy atom. The first-order valence-electron chi connectivity index (χ1n) is 5.85. The van der Waals surface area contributed by atoms with Crippen molar-refractivity contribution in [1.29, 1.82) is 0 Å². The Labute approximate surface area is 110 Å². The summed E-state index contributed by atoms with van der Waals surface area (Å²) in [4.78, 5) is 14.4. The lowest BCUT2D eigenvalue weighted by atomic mass is 10.1. The van der Waals surface area contributed by atoms with Crippen molar-refractivity contribution in [3.05, 3.63) is 46.1 Å². The molecule has 1 rings (SSSR count). The van der Waals surface area contributed by atoms with E-state index in [0.29, 0.717) is 12.1 Å². The molecule has 19 heavy (non-hydrogen) atoms. The van der Waals surface area contributed by atoms with Gasteiger partial charge in [-0.3, -0.25) is 0 Å². The van der Waals surface area contributed by atoms with Crippen molar-refractivity contribution in [3.63, 3.8) is 0 Å². The van der Waals surface area contributed by atoms with Gasteiger partial charge in [-0.05, 0) is 30.2 Å². The van der Waals surface area contributed by atoms with Crippen molar-refractivity contribution >= 4 is 5.97 Å². The van der Waals surface area contributed by atoms with E-state index in [9.17, 15) is 9.18 Å². The highest BCUT2D eigenvalue weighted by molar-refractivity contribution is 5.77. The zero-order valence-electron chi connectivity index (χ0n) is 10.5. The molecule has 0 aromatic heterocycles. The molecule has 1 unspecified atom stereocenters. The molecule has 1 aromatic carbocycles. The minimum atomic E-state index is -0.700. The van der Waals surface area contributed by atoms with Crippen LogP contribution in [0.25, 0.3) is 10.4 Å². The monoisotopic (exact) mass is 266 g/mol. The first-order chi connectivity index (χ1) is 9.19. The highest BCUT2D eigenvalue weighted by Gasteiger charge is 2.20. The van der Waals surface area contributed by atoms with E-state index < -0.39 is 12.0 Å². The van der Waals surface area contributed by atoms with Crippen LogP contribution in [0.1, 0.15) is 18.5 Å². The molecule has 1 atom stereocenters. The third-order valence-corrected chi connectivity index (χ3v) is 2.35. The molecule has 0 aliphatic rings. The number of azide groups is 1. The first kappa shape index (κ1) is 14.9. The number of benzene rings is 1. The molecular weight excluding hydrogens is 251 g/mol. The van der Waals surface area contributed by atoms with Crippen molar-refractivity contribution in [2.75, 3.05) is 19.7 Å². The Morgan fingerprint density at radius 1 is 1.53 bits per heavy atom. The SMILES string of the molecule is CCOC(=O)C(NCCN=[N+]=[N-])c1ccc(F)cc1. The molecule has 1 N–H and O–H groups in total. The summed E-state index contributed by atoms with van der Waals surface area (Å²) in [6.07, 6.45) is 0. The van der Waals surface area contributed by atoms with Gasteiger partial charge >= 0.3 is 5.97 Å². The second-order valence-corrected chi connectivity index (χ2v) is 3.65. The van der Waals surface area contributed by atoms with Gasteiger partial charge in [-0.15, -0.1) is 0 Å². The lowest BCUT2D eigenvalue weighted by Crippen LogP contribution is -2.32. The van der Waals surface area contributed by atoms with E-state index in [1.165, 1.54) is 24.3 Å². The van der Waals surface area contributed by atoms with Crippen LogP contribution in [0.5, 0.6) is 0 Å². The number of nitrogens with zero attached hydrogens (tertiary/aromatic N) is 3. The molecular formula is C12H15FN4O2. The van der Waals surface area contributed by atoms with Gasteiger partial charge in [0, 0.05) is 18.0 Å². The normalized spacial score (nSPS) is 11.5. The van der Waals surface area contributed by atoms with Crippen LogP contribution in [-0.4, -0.2) is 25.7 Å². The van der Waals surface area contributed by atoms with Crippen molar-refractivity contribution in [2.24, 2.45) is 5.11 Å². The summed E-state index contributed by atoms with van der Waals surface area (Å²) in [5.41, 5.74) is 8.77. The number of esters is 1. The summed E-state index contributed by atoms with van der Waals surface area (Å²) in [6, 6.07) is 4.87. The van der Waals surface area contributed by atoms with Crippen LogP contribution < -0.4 is 5.32 Å². The summed E-state index contributed by atoms with van der Waals surface area (Å²) < 4.78 is 17.8. The number of carbonyl (C=O) groups excluding carboxylic acids is 1. The smallest absolute Gasteiger partial charge is 0.327 e. The maximum absolute atomic E-state index is 12.9. The van der Waals surface area contributed by atoms with Crippen LogP contribution in [0.2, 0.25) is 0 Å². The lowest BCUT2D eigenvalue weighted by molar-refractivity contribution is -0.145. The second kappa shape index (κ2) is 8.07. The highest BCUT2D eigenvalue weighted by Crippen LogP contribution is 2.15. The van der Waals surface area contributed by atoms with Crippen molar-refractivity contribution in [2.45, 2.75) is 13.0 Å². The molecule has 0 bridgehead atoms. The molecule has 102 valence electrons. The molecule has 0 spiro atoms. The quantitative estimate of drug-likeness (QED) is 0.270. The van der Waals surface area contributed by atoms with Crippen molar-refractivity contribution in [3.8, 4) is 0 Å². The van der Waals surface area contributed by atoms with E-state index in [2.05, 4.69) is 15.3 Å². The van der Waals surface area contributed by atoms with E-state index in [1.54, 1.807) is 6.92 Å². The van der Waals surface area contributed by atoms with Crippen LogP contribution in [0, 0.1) is 5.82 Å². The predicted molar refractivity (Wildman–Crippen MR) is 67.8 cm³/mol. The van der Waals surface area contributed by atoms with Crippen LogP contribution in [-0.2, 0) is 9.53 Å². The molecule has 0 saturated carbocycles. The average molecular weight is 266 g/mol. The van der Waals surface area contributed by atoms with Gasteiger partial charge in [0.25, 0.3) is 0 Å². The molecule has 0 radical (unpaired) electrons. The number of ether oxygens (including phenoxy) is 1. The van der Waals surface area contributed by atoms with E-state index in [-0.39, 0.29) is 19.0 Å². The number of halogens is 1. The number of hydrogen-bond donors (Lipinski definition) is 1. The minimum absolute atomic E-state index is 0.216. The van der Waals surface area contributed by atoms with Gasteiger partial charge in [0.05, 0.1) is 6.61 Å². The summed E-state index contributed by atoms with van der Waals surface area (Å²) in [5, 5.41) is 6.28. The van der Waals surface area contributed by atoms with Gasteiger partial charge < -0.3 is 10.1 Å². The van der Waals surface area contributed by atoms with Crippen LogP contribution in [0.3, 0.4) is 0 Å².